The van der Waals surface area contributed by atoms with Crippen molar-refractivity contribution in [1.29, 1.82) is 0 Å². The van der Waals surface area contributed by atoms with E-state index in [1.165, 1.54) is 44.2 Å². The summed E-state index contributed by atoms with van der Waals surface area (Å²) in [6, 6.07) is 4.89. The van der Waals surface area contributed by atoms with Crippen LogP contribution in [0.4, 0.5) is 4.39 Å². The van der Waals surface area contributed by atoms with Gasteiger partial charge in [-0.2, -0.15) is 5.10 Å². The van der Waals surface area contributed by atoms with Crippen LogP contribution < -0.4 is 4.72 Å². The van der Waals surface area contributed by atoms with E-state index in [1.54, 1.807) is 29.7 Å². The Balaban J connectivity index is 1.48. The minimum atomic E-state index is -3.60. The number of hydrogen-bond donors (Lipinski definition) is 1. The summed E-state index contributed by atoms with van der Waals surface area (Å²) in [7, 11) is -3.60. The van der Waals surface area contributed by atoms with Crippen LogP contribution in [0.3, 0.4) is 0 Å². The topological polar surface area (TPSA) is 97.2 Å². The fourth-order valence-corrected chi connectivity index (χ4v) is 6.44. The van der Waals surface area contributed by atoms with Crippen molar-refractivity contribution in [2.75, 3.05) is 19.3 Å². The molecule has 1 unspecified atom stereocenters. The van der Waals surface area contributed by atoms with Crippen molar-refractivity contribution in [2.24, 2.45) is 11.3 Å². The predicted molar refractivity (Wildman–Crippen MR) is 127 cm³/mol. The largest absolute Gasteiger partial charge is 0.341 e. The number of piperidine rings is 1. The van der Waals surface area contributed by atoms with Crippen LogP contribution in [-0.4, -0.2) is 59.4 Å². The molecule has 0 spiro atoms. The maximum absolute atomic E-state index is 13.4. The molecule has 1 atom stereocenters. The molecular weight excluding hydrogens is 457 g/mol. The second-order valence-corrected chi connectivity index (χ2v) is 11.7. The van der Waals surface area contributed by atoms with Crippen molar-refractivity contribution in [3.63, 3.8) is 0 Å². The highest BCUT2D eigenvalue weighted by molar-refractivity contribution is 7.88. The van der Waals surface area contributed by atoms with Gasteiger partial charge in [0.25, 0.3) is 0 Å². The lowest BCUT2D eigenvalue weighted by molar-refractivity contribution is -0.136. The van der Waals surface area contributed by atoms with E-state index in [9.17, 15) is 17.6 Å². The lowest BCUT2D eigenvalue weighted by atomic mass is 9.63. The van der Waals surface area contributed by atoms with E-state index in [0.717, 1.165) is 25.6 Å². The number of rotatable bonds is 8. The lowest BCUT2D eigenvalue weighted by Crippen LogP contribution is -2.54. The number of carbonyl (C=O) groups is 1. The molecule has 1 saturated heterocycles. The summed E-state index contributed by atoms with van der Waals surface area (Å²) < 4.78 is 41.7. The molecule has 4 rings (SSSR count). The van der Waals surface area contributed by atoms with Crippen LogP contribution in [0.15, 0.2) is 36.9 Å². The number of hydrogen-bond acceptors (Lipinski definition) is 5. The fraction of sp³-hybridized carbons (Fsp3) is 0.625. The van der Waals surface area contributed by atoms with Crippen LogP contribution in [0.1, 0.15) is 50.5 Å². The van der Waals surface area contributed by atoms with Crippen molar-refractivity contribution in [2.45, 2.75) is 64.0 Å². The first-order chi connectivity index (χ1) is 16.2. The summed E-state index contributed by atoms with van der Waals surface area (Å²) in [5.41, 5.74) is 0.761. The highest BCUT2D eigenvalue weighted by atomic mass is 32.2. The highest BCUT2D eigenvalue weighted by Gasteiger charge is 2.43. The number of aromatic nitrogens is 3. The molecule has 1 aliphatic heterocycles. The third-order valence-electron chi connectivity index (χ3n) is 7.49. The van der Waals surface area contributed by atoms with E-state index >= 15 is 0 Å². The van der Waals surface area contributed by atoms with E-state index in [-0.39, 0.29) is 23.6 Å². The molecule has 1 amide bonds. The maximum Gasteiger partial charge on any atom is 0.241 e. The van der Waals surface area contributed by atoms with Gasteiger partial charge in [-0.25, -0.2) is 22.5 Å². The van der Waals surface area contributed by atoms with Crippen LogP contribution in [0.2, 0.25) is 0 Å². The molecule has 10 heteroatoms. The first kappa shape index (κ1) is 24.8. The summed E-state index contributed by atoms with van der Waals surface area (Å²) in [6.45, 7) is 1.95. The average molecular weight is 492 g/mol. The molecule has 0 radical (unpaired) electrons. The minimum absolute atomic E-state index is 0.0572. The standard InChI is InChI=1S/C24H34FN5O3S/c1-34(32,33)28-22(15-19-7-9-21(25)10-8-19)23(31)29-13-11-24(12-14-29,16-30-18-26-17-27-30)20-5-3-2-4-6-20/h7-10,17-18,20,22,28H,2-6,11-16H2,1H3. The van der Waals surface area contributed by atoms with Gasteiger partial charge in [0.05, 0.1) is 6.26 Å². The molecule has 1 aromatic carbocycles. The van der Waals surface area contributed by atoms with Crippen LogP contribution in [0.25, 0.3) is 0 Å². The van der Waals surface area contributed by atoms with Crippen LogP contribution in [-0.2, 0) is 27.8 Å². The van der Waals surface area contributed by atoms with Crippen molar-refractivity contribution in [1.82, 2.24) is 24.4 Å². The molecule has 2 fully saturated rings. The van der Waals surface area contributed by atoms with Crippen LogP contribution >= 0.6 is 0 Å². The van der Waals surface area contributed by atoms with Gasteiger partial charge in [-0.05, 0) is 61.1 Å². The molecule has 34 heavy (non-hydrogen) atoms. The lowest BCUT2D eigenvalue weighted by Gasteiger charge is -2.48. The summed E-state index contributed by atoms with van der Waals surface area (Å²) >= 11 is 0. The van der Waals surface area contributed by atoms with E-state index in [0.29, 0.717) is 24.6 Å². The van der Waals surface area contributed by atoms with E-state index in [4.69, 9.17) is 0 Å². The second kappa shape index (κ2) is 10.5. The van der Waals surface area contributed by atoms with Gasteiger partial charge in [-0.1, -0.05) is 31.4 Å². The van der Waals surface area contributed by atoms with Gasteiger partial charge in [-0.15, -0.1) is 0 Å². The molecule has 2 aromatic rings. The van der Waals surface area contributed by atoms with Crippen molar-refractivity contribution in [3.8, 4) is 0 Å². The van der Waals surface area contributed by atoms with Gasteiger partial charge in [0.15, 0.2) is 0 Å². The van der Waals surface area contributed by atoms with E-state index in [2.05, 4.69) is 14.8 Å². The SMILES string of the molecule is CS(=O)(=O)NC(Cc1ccc(F)cc1)C(=O)N1CCC(Cn2cncn2)(C2CCCCC2)CC1. The van der Waals surface area contributed by atoms with Gasteiger partial charge >= 0.3 is 0 Å². The molecule has 1 aliphatic carbocycles. The number of sulfonamides is 1. The number of benzene rings is 1. The normalized spacial score (nSPS) is 20.2. The molecular formula is C24H34FN5O3S. The number of halogens is 1. The van der Waals surface area contributed by atoms with E-state index in [1.807, 2.05) is 4.68 Å². The van der Waals surface area contributed by atoms with Gasteiger partial charge in [0, 0.05) is 19.6 Å². The van der Waals surface area contributed by atoms with E-state index < -0.39 is 16.1 Å². The summed E-state index contributed by atoms with van der Waals surface area (Å²) in [4.78, 5) is 19.3. The minimum Gasteiger partial charge on any atom is -0.341 e. The molecule has 0 bridgehead atoms. The molecule has 2 heterocycles. The maximum atomic E-state index is 13.4. The first-order valence-electron chi connectivity index (χ1n) is 12.1. The Morgan fingerprint density at radius 3 is 2.44 bits per heavy atom. The van der Waals surface area contributed by atoms with Crippen molar-refractivity contribution >= 4 is 15.9 Å². The Hall–Kier alpha value is -2.33. The average Bonchev–Trinajstić information content (AvgIpc) is 3.33. The molecule has 8 nitrogen and oxygen atoms in total. The first-order valence-corrected chi connectivity index (χ1v) is 14.0. The fourth-order valence-electron chi connectivity index (χ4n) is 5.73. The highest BCUT2D eigenvalue weighted by Crippen LogP contribution is 2.47. The quantitative estimate of drug-likeness (QED) is 0.613. The van der Waals surface area contributed by atoms with Crippen molar-refractivity contribution in [3.05, 3.63) is 48.3 Å². The molecule has 186 valence electrons. The molecule has 1 aromatic heterocycles. The van der Waals surface area contributed by atoms with Crippen LogP contribution in [0, 0.1) is 17.2 Å². The van der Waals surface area contributed by atoms with Crippen molar-refractivity contribution < 1.29 is 17.6 Å². The molecule has 1 saturated carbocycles. The van der Waals surface area contributed by atoms with Gasteiger partial charge in [0.1, 0.15) is 24.5 Å². The zero-order valence-electron chi connectivity index (χ0n) is 19.7. The summed E-state index contributed by atoms with van der Waals surface area (Å²) in [5, 5.41) is 4.35. The predicted octanol–water partition coefficient (Wildman–Crippen LogP) is 2.77. The third kappa shape index (κ3) is 6.21. The molecule has 1 N–H and O–H groups in total. The Morgan fingerprint density at radius 1 is 1.18 bits per heavy atom. The van der Waals surface area contributed by atoms with Crippen LogP contribution in [0.5, 0.6) is 0 Å². The zero-order chi connectivity index (χ0) is 24.2. The zero-order valence-corrected chi connectivity index (χ0v) is 20.5. The second-order valence-electron chi connectivity index (χ2n) is 9.89. The van der Waals surface area contributed by atoms with Gasteiger partial charge < -0.3 is 4.90 Å². The molecule has 2 aliphatic rings. The Kier molecular flexibility index (Phi) is 7.67. The Bertz CT molecular complexity index is 1040. The number of carbonyl (C=O) groups excluding carboxylic acids is 1. The number of nitrogens with one attached hydrogen (secondary N) is 1. The van der Waals surface area contributed by atoms with Gasteiger partial charge in [0.2, 0.25) is 15.9 Å². The van der Waals surface area contributed by atoms with Gasteiger partial charge in [-0.3, -0.25) is 9.48 Å². The Labute approximate surface area is 201 Å². The third-order valence-corrected chi connectivity index (χ3v) is 8.21. The Morgan fingerprint density at radius 2 is 1.85 bits per heavy atom. The number of amides is 1. The smallest absolute Gasteiger partial charge is 0.241 e. The summed E-state index contributed by atoms with van der Waals surface area (Å²) in [5.74, 6) is -0.00947. The summed E-state index contributed by atoms with van der Waals surface area (Å²) in [6.07, 6.45) is 12.4. The number of nitrogens with zero attached hydrogens (tertiary/aromatic N) is 4. The monoisotopic (exact) mass is 491 g/mol. The number of likely N-dealkylation sites (tertiary alicyclic amines) is 1.